The van der Waals surface area contributed by atoms with Crippen LogP contribution >= 0.6 is 34.8 Å². The van der Waals surface area contributed by atoms with Gasteiger partial charge in [0.05, 0.1) is 28.7 Å². The summed E-state index contributed by atoms with van der Waals surface area (Å²) >= 11 is 18.8. The summed E-state index contributed by atoms with van der Waals surface area (Å²) in [4.78, 5) is 35.3. The third-order valence-corrected chi connectivity index (χ3v) is 9.54. The zero-order chi connectivity index (χ0) is 31.9. The van der Waals surface area contributed by atoms with Gasteiger partial charge in [0.15, 0.2) is 0 Å². The molecule has 0 bridgehead atoms. The van der Waals surface area contributed by atoms with Gasteiger partial charge >= 0.3 is 6.16 Å². The molecule has 6 rings (SSSR count). The van der Waals surface area contributed by atoms with Crippen molar-refractivity contribution in [3.8, 4) is 11.3 Å². The van der Waals surface area contributed by atoms with Crippen LogP contribution in [0.1, 0.15) is 56.9 Å². The van der Waals surface area contributed by atoms with E-state index in [1.807, 2.05) is 56.0 Å². The fourth-order valence-corrected chi connectivity index (χ4v) is 7.03. The minimum atomic E-state index is -0.721. The standard InChI is InChI=1S/C33H38Cl3N5O4/c1-33(2,3)44-32(43)45-39-16-11-29-25(20-39)31(21-5-7-26(35)27(36)18-21)37-40(29)13-4-12-38-14-9-24(10-15-38)41-28-8-6-23(34)17-22(28)19-30(41)42/h5-8,17-18,24H,4,9-16,19-20H2,1-3H3. The third-order valence-electron chi connectivity index (χ3n) is 8.56. The second-order valence-corrected chi connectivity index (χ2v) is 14.2. The minimum Gasteiger partial charge on any atom is -0.427 e. The van der Waals surface area contributed by atoms with Crippen molar-refractivity contribution in [1.29, 1.82) is 0 Å². The Kier molecular flexibility index (Phi) is 9.37. The average molecular weight is 675 g/mol. The molecule has 3 aromatic rings. The number of carbonyl (C=O) groups is 2. The second-order valence-electron chi connectivity index (χ2n) is 12.9. The van der Waals surface area contributed by atoms with Gasteiger partial charge in [-0.3, -0.25) is 9.48 Å². The highest BCUT2D eigenvalue weighted by Gasteiger charge is 2.35. The van der Waals surface area contributed by atoms with E-state index in [-0.39, 0.29) is 11.9 Å². The van der Waals surface area contributed by atoms with Crippen LogP contribution in [-0.2, 0) is 40.3 Å². The molecule has 1 fully saturated rings. The highest BCUT2D eigenvalue weighted by atomic mass is 35.5. The highest BCUT2D eigenvalue weighted by molar-refractivity contribution is 6.42. The van der Waals surface area contributed by atoms with Crippen LogP contribution in [-0.4, -0.2) is 69.6 Å². The Balaban J connectivity index is 1.10. The number of nitrogens with zero attached hydrogens (tertiary/aromatic N) is 5. The summed E-state index contributed by atoms with van der Waals surface area (Å²) in [7, 11) is 0. The molecule has 12 heteroatoms. The zero-order valence-electron chi connectivity index (χ0n) is 25.8. The summed E-state index contributed by atoms with van der Waals surface area (Å²) in [5.41, 5.74) is 5.19. The molecule has 0 aliphatic carbocycles. The number of fused-ring (bicyclic) bond motifs is 2. The molecule has 0 spiro atoms. The van der Waals surface area contributed by atoms with Crippen molar-refractivity contribution >= 4 is 52.6 Å². The van der Waals surface area contributed by atoms with Gasteiger partial charge in [0.1, 0.15) is 5.60 Å². The number of carbonyl (C=O) groups excluding carboxylic acids is 2. The molecule has 240 valence electrons. The highest BCUT2D eigenvalue weighted by Crippen LogP contribution is 2.36. The summed E-state index contributed by atoms with van der Waals surface area (Å²) in [6.07, 6.45) is 3.20. The van der Waals surface area contributed by atoms with E-state index in [0.717, 1.165) is 79.2 Å². The van der Waals surface area contributed by atoms with Crippen LogP contribution in [0.3, 0.4) is 0 Å². The van der Waals surface area contributed by atoms with Gasteiger partial charge in [0, 0.05) is 66.2 Å². The number of aryl methyl sites for hydroxylation is 1. The molecule has 0 atom stereocenters. The molecule has 3 aliphatic heterocycles. The third kappa shape index (κ3) is 7.28. The predicted molar refractivity (Wildman–Crippen MR) is 176 cm³/mol. The Morgan fingerprint density at radius 3 is 2.51 bits per heavy atom. The maximum atomic E-state index is 12.8. The van der Waals surface area contributed by atoms with E-state index in [1.54, 1.807) is 11.1 Å². The van der Waals surface area contributed by atoms with Gasteiger partial charge in [-0.25, -0.2) is 4.79 Å². The summed E-state index contributed by atoms with van der Waals surface area (Å²) in [6.45, 7) is 9.94. The topological polar surface area (TPSA) is 80.1 Å². The number of likely N-dealkylation sites (tertiary alicyclic amines) is 1. The first-order valence-electron chi connectivity index (χ1n) is 15.5. The first kappa shape index (κ1) is 32.1. The Labute approximate surface area is 278 Å². The van der Waals surface area contributed by atoms with E-state index in [9.17, 15) is 9.59 Å². The van der Waals surface area contributed by atoms with Crippen molar-refractivity contribution in [1.82, 2.24) is 19.7 Å². The Morgan fingerprint density at radius 2 is 1.78 bits per heavy atom. The van der Waals surface area contributed by atoms with Crippen LogP contribution in [0.2, 0.25) is 15.1 Å². The number of rotatable bonds is 7. The molecule has 1 saturated heterocycles. The Bertz CT molecular complexity index is 1600. The lowest BCUT2D eigenvalue weighted by Crippen LogP contribution is -2.46. The molecule has 0 N–H and O–H groups in total. The zero-order valence-corrected chi connectivity index (χ0v) is 28.1. The van der Waals surface area contributed by atoms with E-state index in [2.05, 4.69) is 9.58 Å². The number of benzene rings is 2. The van der Waals surface area contributed by atoms with E-state index in [4.69, 9.17) is 49.5 Å². The number of halogens is 3. The van der Waals surface area contributed by atoms with Gasteiger partial charge in [0.25, 0.3) is 0 Å². The van der Waals surface area contributed by atoms with Gasteiger partial charge in [-0.15, -0.1) is 5.06 Å². The number of hydrogen-bond donors (Lipinski definition) is 0. The van der Waals surface area contributed by atoms with Crippen LogP contribution in [0, 0.1) is 0 Å². The number of hydroxylamine groups is 2. The fourth-order valence-electron chi connectivity index (χ4n) is 6.54. The number of aromatic nitrogens is 2. The van der Waals surface area contributed by atoms with Crippen molar-refractivity contribution in [2.75, 3.05) is 31.1 Å². The lowest BCUT2D eigenvalue weighted by Gasteiger charge is -2.37. The Morgan fingerprint density at radius 1 is 1.00 bits per heavy atom. The van der Waals surface area contributed by atoms with Crippen molar-refractivity contribution < 1.29 is 19.2 Å². The van der Waals surface area contributed by atoms with Gasteiger partial charge in [-0.05, 0) is 82.5 Å². The molecular formula is C33H38Cl3N5O4. The smallest absolute Gasteiger partial charge is 0.427 e. The lowest BCUT2D eigenvalue weighted by atomic mass is 10.0. The number of anilines is 1. The van der Waals surface area contributed by atoms with Crippen molar-refractivity contribution in [3.63, 3.8) is 0 Å². The quantitative estimate of drug-likeness (QED) is 0.246. The first-order chi connectivity index (χ1) is 21.4. The molecular weight excluding hydrogens is 637 g/mol. The number of hydrogen-bond acceptors (Lipinski definition) is 7. The lowest BCUT2D eigenvalue weighted by molar-refractivity contribution is -0.151. The van der Waals surface area contributed by atoms with E-state index in [0.29, 0.717) is 41.0 Å². The van der Waals surface area contributed by atoms with Crippen LogP contribution < -0.4 is 4.90 Å². The molecule has 0 radical (unpaired) electrons. The normalized spacial score (nSPS) is 17.8. The number of piperidine rings is 1. The number of ether oxygens (including phenoxy) is 1. The monoisotopic (exact) mass is 673 g/mol. The Hall–Kier alpha value is -2.82. The fraction of sp³-hybridized carbons (Fsp3) is 0.485. The summed E-state index contributed by atoms with van der Waals surface area (Å²) in [5, 5.41) is 8.28. The minimum absolute atomic E-state index is 0.169. The largest absolute Gasteiger partial charge is 0.528 e. The van der Waals surface area contributed by atoms with Crippen LogP contribution in [0.5, 0.6) is 0 Å². The van der Waals surface area contributed by atoms with Gasteiger partial charge in [0.2, 0.25) is 5.91 Å². The SMILES string of the molecule is CC(C)(C)OC(=O)ON1CCc2c(c(-c3ccc(Cl)c(Cl)c3)nn2CCCN2CCC(N3C(=O)Cc4cc(Cl)ccc43)CC2)C1. The average Bonchev–Trinajstić information content (AvgIpc) is 3.50. The molecule has 1 amide bonds. The van der Waals surface area contributed by atoms with Gasteiger partial charge in [-0.1, -0.05) is 40.9 Å². The molecule has 0 saturated carbocycles. The van der Waals surface area contributed by atoms with Crippen molar-refractivity contribution in [2.45, 2.75) is 77.6 Å². The molecule has 0 unspecified atom stereocenters. The first-order valence-corrected chi connectivity index (χ1v) is 16.6. The van der Waals surface area contributed by atoms with E-state index in [1.165, 1.54) is 0 Å². The van der Waals surface area contributed by atoms with E-state index >= 15 is 0 Å². The van der Waals surface area contributed by atoms with Crippen molar-refractivity contribution in [3.05, 3.63) is 68.3 Å². The van der Waals surface area contributed by atoms with Crippen molar-refractivity contribution in [2.24, 2.45) is 0 Å². The summed E-state index contributed by atoms with van der Waals surface area (Å²) in [6, 6.07) is 11.5. The molecule has 2 aromatic carbocycles. The molecule has 4 heterocycles. The predicted octanol–water partition coefficient (Wildman–Crippen LogP) is 7.18. The molecule has 1 aromatic heterocycles. The maximum Gasteiger partial charge on any atom is 0.528 e. The van der Waals surface area contributed by atoms with Crippen LogP contribution in [0.4, 0.5) is 10.5 Å². The molecule has 3 aliphatic rings. The molecule has 45 heavy (non-hydrogen) atoms. The van der Waals surface area contributed by atoms with Gasteiger partial charge < -0.3 is 19.4 Å². The summed E-state index contributed by atoms with van der Waals surface area (Å²) < 4.78 is 7.46. The maximum absolute atomic E-state index is 12.8. The second kappa shape index (κ2) is 13.1. The van der Waals surface area contributed by atoms with Crippen LogP contribution in [0.15, 0.2) is 36.4 Å². The van der Waals surface area contributed by atoms with E-state index < -0.39 is 11.8 Å². The van der Waals surface area contributed by atoms with Gasteiger partial charge in [-0.2, -0.15) is 5.10 Å². The summed E-state index contributed by atoms with van der Waals surface area (Å²) in [5.74, 6) is 0.169. The molecule has 9 nitrogen and oxygen atoms in total. The van der Waals surface area contributed by atoms with Crippen LogP contribution in [0.25, 0.3) is 11.3 Å². The number of amides is 1.